The van der Waals surface area contributed by atoms with Crippen LogP contribution in [0.15, 0.2) is 18.2 Å². The highest BCUT2D eigenvalue weighted by Crippen LogP contribution is 2.30. The van der Waals surface area contributed by atoms with E-state index in [4.69, 9.17) is 10.5 Å². The van der Waals surface area contributed by atoms with Gasteiger partial charge in [0.15, 0.2) is 0 Å². The molecule has 1 aliphatic heterocycles. The number of piperidine rings is 1. The molecule has 0 saturated carbocycles. The Labute approximate surface area is 141 Å². The largest absolute Gasteiger partial charge is 0.496 e. The molecule has 0 atom stereocenters. The molecule has 1 fully saturated rings. The average Bonchev–Trinajstić information content (AvgIpc) is 2.54. The maximum atomic E-state index is 6.03. The molecule has 1 saturated heterocycles. The highest BCUT2D eigenvalue weighted by atomic mass is 16.5. The molecule has 0 bridgehead atoms. The molecule has 1 heterocycles. The Morgan fingerprint density at radius 2 is 1.87 bits per heavy atom. The zero-order valence-electron chi connectivity index (χ0n) is 15.1. The quantitative estimate of drug-likeness (QED) is 0.827. The van der Waals surface area contributed by atoms with Crippen molar-refractivity contribution in [2.24, 2.45) is 5.73 Å². The lowest BCUT2D eigenvalue weighted by Crippen LogP contribution is -2.39. The van der Waals surface area contributed by atoms with E-state index in [1.807, 2.05) is 0 Å². The van der Waals surface area contributed by atoms with E-state index in [2.05, 4.69) is 54.0 Å². The monoisotopic (exact) mass is 320 g/mol. The molecule has 0 unspecified atom stereocenters. The third kappa shape index (κ3) is 5.09. The summed E-state index contributed by atoms with van der Waals surface area (Å²) in [6.07, 6.45) is 2.17. The Kier molecular flexibility index (Phi) is 6.69. The fraction of sp³-hybridized carbons (Fsp3) is 0.667. The van der Waals surface area contributed by atoms with Gasteiger partial charge in [0, 0.05) is 44.0 Å². The van der Waals surface area contributed by atoms with Gasteiger partial charge in [0.05, 0.1) is 7.11 Å². The van der Waals surface area contributed by atoms with Crippen LogP contribution in [0.4, 0.5) is 5.69 Å². The van der Waals surface area contributed by atoms with Crippen LogP contribution in [0.25, 0.3) is 0 Å². The van der Waals surface area contributed by atoms with Crippen molar-refractivity contribution in [2.75, 3.05) is 59.3 Å². The van der Waals surface area contributed by atoms with Crippen molar-refractivity contribution in [3.05, 3.63) is 23.8 Å². The minimum absolute atomic E-state index is 0.367. The first-order chi connectivity index (χ1) is 11.0. The van der Waals surface area contributed by atoms with Gasteiger partial charge in [0.2, 0.25) is 0 Å². The van der Waals surface area contributed by atoms with E-state index >= 15 is 0 Å². The topological polar surface area (TPSA) is 45.0 Å². The van der Waals surface area contributed by atoms with E-state index in [1.54, 1.807) is 7.11 Å². The van der Waals surface area contributed by atoms with Gasteiger partial charge < -0.3 is 20.3 Å². The molecule has 5 nitrogen and oxygen atoms in total. The van der Waals surface area contributed by atoms with Crippen LogP contribution in [-0.2, 0) is 6.54 Å². The number of nitrogens with zero attached hydrogens (tertiary/aromatic N) is 3. The molecule has 0 amide bonds. The number of hydrogen-bond donors (Lipinski definition) is 1. The van der Waals surface area contributed by atoms with E-state index in [0.29, 0.717) is 6.04 Å². The van der Waals surface area contributed by atoms with Crippen LogP contribution in [0.1, 0.15) is 18.4 Å². The van der Waals surface area contributed by atoms with Crippen LogP contribution in [0.3, 0.4) is 0 Å². The van der Waals surface area contributed by atoms with Crippen molar-refractivity contribution in [1.82, 2.24) is 9.80 Å². The van der Waals surface area contributed by atoms with Crippen molar-refractivity contribution >= 4 is 5.69 Å². The van der Waals surface area contributed by atoms with Crippen LogP contribution < -0.4 is 15.4 Å². The van der Waals surface area contributed by atoms with Gasteiger partial charge in [0.25, 0.3) is 0 Å². The Balaban J connectivity index is 2.14. The Morgan fingerprint density at radius 1 is 1.17 bits per heavy atom. The highest BCUT2D eigenvalue weighted by Gasteiger charge is 2.20. The highest BCUT2D eigenvalue weighted by molar-refractivity contribution is 5.59. The molecule has 23 heavy (non-hydrogen) atoms. The van der Waals surface area contributed by atoms with Gasteiger partial charge in [-0.2, -0.15) is 0 Å². The number of nitrogens with two attached hydrogens (primary N) is 1. The number of ether oxygens (including phenoxy) is 1. The first kappa shape index (κ1) is 18.0. The van der Waals surface area contributed by atoms with Crippen molar-refractivity contribution in [2.45, 2.75) is 25.4 Å². The van der Waals surface area contributed by atoms with E-state index in [-0.39, 0.29) is 0 Å². The third-order valence-electron chi connectivity index (χ3n) is 4.64. The Morgan fingerprint density at radius 3 is 2.48 bits per heavy atom. The summed E-state index contributed by atoms with van der Waals surface area (Å²) in [4.78, 5) is 7.03. The lowest BCUT2D eigenvalue weighted by molar-refractivity contribution is 0.203. The molecule has 0 aliphatic carbocycles. The van der Waals surface area contributed by atoms with E-state index in [1.165, 1.54) is 11.3 Å². The normalized spacial score (nSPS) is 16.8. The first-order valence-corrected chi connectivity index (χ1v) is 8.51. The number of hydrogen-bond acceptors (Lipinski definition) is 5. The van der Waals surface area contributed by atoms with Crippen LogP contribution >= 0.6 is 0 Å². The minimum atomic E-state index is 0.367. The molecular weight excluding hydrogens is 288 g/mol. The molecule has 2 N–H and O–H groups in total. The number of likely N-dealkylation sites (N-methyl/N-ethyl adjacent to an activating group) is 2. The Bertz CT molecular complexity index is 484. The lowest BCUT2D eigenvalue weighted by Gasteiger charge is -2.32. The predicted octanol–water partition coefficient (Wildman–Crippen LogP) is 1.62. The molecule has 0 radical (unpaired) electrons. The summed E-state index contributed by atoms with van der Waals surface area (Å²) in [5.74, 6) is 0.981. The summed E-state index contributed by atoms with van der Waals surface area (Å²) in [6, 6.07) is 6.71. The van der Waals surface area contributed by atoms with E-state index in [9.17, 15) is 0 Å². The maximum absolute atomic E-state index is 6.03. The molecule has 130 valence electrons. The summed E-state index contributed by atoms with van der Waals surface area (Å²) in [7, 11) is 8.14. The van der Waals surface area contributed by atoms with Crippen LogP contribution in [0, 0.1) is 0 Å². The van der Waals surface area contributed by atoms with Gasteiger partial charge in [0.1, 0.15) is 5.75 Å². The van der Waals surface area contributed by atoms with Crippen molar-refractivity contribution < 1.29 is 4.74 Å². The summed E-state index contributed by atoms with van der Waals surface area (Å²) in [6.45, 7) is 5.10. The number of rotatable bonds is 7. The second kappa shape index (κ2) is 8.52. The molecule has 2 rings (SSSR count). The summed E-state index contributed by atoms with van der Waals surface area (Å²) >= 11 is 0. The van der Waals surface area contributed by atoms with Gasteiger partial charge in [-0.15, -0.1) is 0 Å². The number of benzene rings is 1. The van der Waals surface area contributed by atoms with Crippen molar-refractivity contribution in [3.63, 3.8) is 0 Å². The summed E-state index contributed by atoms with van der Waals surface area (Å²) in [5, 5.41) is 0. The lowest BCUT2D eigenvalue weighted by atomic mass is 10.0. The number of likely N-dealkylation sites (tertiary alicyclic amines) is 1. The van der Waals surface area contributed by atoms with Crippen molar-refractivity contribution in [3.8, 4) is 5.75 Å². The fourth-order valence-corrected chi connectivity index (χ4v) is 3.07. The van der Waals surface area contributed by atoms with Gasteiger partial charge in [-0.05, 0) is 52.2 Å². The molecular formula is C18H32N4O. The second-order valence-electron chi connectivity index (χ2n) is 6.80. The minimum Gasteiger partial charge on any atom is -0.496 e. The van der Waals surface area contributed by atoms with Gasteiger partial charge in [-0.25, -0.2) is 0 Å². The van der Waals surface area contributed by atoms with E-state index in [0.717, 1.165) is 51.3 Å². The summed E-state index contributed by atoms with van der Waals surface area (Å²) in [5.41, 5.74) is 8.58. The van der Waals surface area contributed by atoms with Gasteiger partial charge in [-0.3, -0.25) is 4.90 Å². The third-order valence-corrected chi connectivity index (χ3v) is 4.64. The van der Waals surface area contributed by atoms with Crippen LogP contribution in [0.2, 0.25) is 0 Å². The first-order valence-electron chi connectivity index (χ1n) is 8.51. The SMILES string of the molecule is COc1cccc(N(C)CCN(C)C)c1CN1CCC(N)CC1. The molecule has 1 aromatic carbocycles. The maximum Gasteiger partial charge on any atom is 0.125 e. The van der Waals surface area contributed by atoms with Gasteiger partial charge >= 0.3 is 0 Å². The molecule has 1 aromatic rings. The standard InChI is InChI=1S/C18H32N4O/c1-20(2)12-13-21(3)17-6-5-7-18(23-4)16(17)14-22-10-8-15(19)9-11-22/h5-7,15H,8-14,19H2,1-4H3. The molecule has 0 aromatic heterocycles. The van der Waals surface area contributed by atoms with Crippen LogP contribution in [-0.4, -0.2) is 70.3 Å². The van der Waals surface area contributed by atoms with Crippen LogP contribution in [0.5, 0.6) is 5.75 Å². The molecule has 1 aliphatic rings. The molecule has 0 spiro atoms. The zero-order valence-corrected chi connectivity index (χ0v) is 15.1. The van der Waals surface area contributed by atoms with E-state index < -0.39 is 0 Å². The summed E-state index contributed by atoms with van der Waals surface area (Å²) < 4.78 is 5.64. The molecule has 5 heteroatoms. The zero-order chi connectivity index (χ0) is 16.8. The fourth-order valence-electron chi connectivity index (χ4n) is 3.07. The predicted molar refractivity (Wildman–Crippen MR) is 97.3 cm³/mol. The number of methoxy groups -OCH3 is 1. The number of anilines is 1. The van der Waals surface area contributed by atoms with Gasteiger partial charge in [-0.1, -0.05) is 6.07 Å². The van der Waals surface area contributed by atoms with Crippen molar-refractivity contribution in [1.29, 1.82) is 0 Å². The average molecular weight is 320 g/mol. The second-order valence-corrected chi connectivity index (χ2v) is 6.80. The smallest absolute Gasteiger partial charge is 0.125 e. The Hall–Kier alpha value is -1.30.